The maximum absolute atomic E-state index is 12.5. The maximum atomic E-state index is 12.5. The molecule has 0 N–H and O–H groups in total. The molecule has 1 aromatic rings. The van der Waals surface area contributed by atoms with Crippen LogP contribution in [0, 0.1) is 12.8 Å². The number of ether oxygens (including phenoxy) is 2. The van der Waals surface area contributed by atoms with Crippen molar-refractivity contribution in [3.63, 3.8) is 0 Å². The van der Waals surface area contributed by atoms with Gasteiger partial charge in [0, 0.05) is 31.5 Å². The first-order valence-corrected chi connectivity index (χ1v) is 9.98. The van der Waals surface area contributed by atoms with Gasteiger partial charge in [0.05, 0.1) is 23.3 Å². The summed E-state index contributed by atoms with van der Waals surface area (Å²) in [4.78, 5) is 18.7. The van der Waals surface area contributed by atoms with Crippen molar-refractivity contribution < 1.29 is 14.3 Å². The van der Waals surface area contributed by atoms with Gasteiger partial charge in [-0.05, 0) is 38.5 Å². The summed E-state index contributed by atoms with van der Waals surface area (Å²) in [5, 5.41) is 2.80. The first-order chi connectivity index (χ1) is 11.6. The summed E-state index contributed by atoms with van der Waals surface area (Å²) in [5.74, 6) is 0.840. The first kappa shape index (κ1) is 16.5. The van der Waals surface area contributed by atoms with E-state index in [1.54, 1.807) is 0 Å². The van der Waals surface area contributed by atoms with Crippen LogP contribution in [0.5, 0.6) is 0 Å². The van der Waals surface area contributed by atoms with Gasteiger partial charge >= 0.3 is 0 Å². The van der Waals surface area contributed by atoms with Gasteiger partial charge in [-0.15, -0.1) is 11.3 Å². The molecule has 0 aromatic carbocycles. The second-order valence-electron chi connectivity index (χ2n) is 7.49. The minimum Gasteiger partial charge on any atom is -0.375 e. The second kappa shape index (κ2) is 6.73. The Bertz CT molecular complexity index is 591. The molecule has 2 saturated heterocycles. The number of hydrogen-bond acceptors (Lipinski definition) is 5. The number of nitrogens with zero attached hydrogens (tertiary/aromatic N) is 2. The van der Waals surface area contributed by atoms with Gasteiger partial charge < -0.3 is 14.4 Å². The summed E-state index contributed by atoms with van der Waals surface area (Å²) in [7, 11) is 0. The van der Waals surface area contributed by atoms with Crippen LogP contribution < -0.4 is 0 Å². The third-order valence-corrected chi connectivity index (χ3v) is 6.54. The Morgan fingerprint density at radius 2 is 2.25 bits per heavy atom. The fourth-order valence-corrected chi connectivity index (χ4v) is 4.52. The van der Waals surface area contributed by atoms with E-state index in [9.17, 15) is 4.79 Å². The van der Waals surface area contributed by atoms with Gasteiger partial charge in [0.25, 0.3) is 5.91 Å². The van der Waals surface area contributed by atoms with Crippen LogP contribution in [0.1, 0.15) is 54.0 Å². The fourth-order valence-electron chi connectivity index (χ4n) is 3.93. The summed E-state index contributed by atoms with van der Waals surface area (Å²) >= 11 is 1.53. The third-order valence-electron chi connectivity index (χ3n) is 5.77. The lowest BCUT2D eigenvalue weighted by molar-refractivity contribution is -0.0421. The van der Waals surface area contributed by atoms with E-state index in [0.717, 1.165) is 49.9 Å². The zero-order valence-electron chi connectivity index (χ0n) is 14.3. The van der Waals surface area contributed by atoms with Crippen LogP contribution in [-0.4, -0.2) is 53.8 Å². The van der Waals surface area contributed by atoms with Crippen molar-refractivity contribution in [1.29, 1.82) is 0 Å². The molecule has 132 valence electrons. The van der Waals surface area contributed by atoms with Gasteiger partial charge in [-0.25, -0.2) is 4.98 Å². The molecule has 0 bridgehead atoms. The normalized spacial score (nSPS) is 26.7. The van der Waals surface area contributed by atoms with Crippen molar-refractivity contribution in [2.24, 2.45) is 5.92 Å². The quantitative estimate of drug-likeness (QED) is 0.837. The topological polar surface area (TPSA) is 51.7 Å². The minimum absolute atomic E-state index is 0.0602. The zero-order valence-corrected chi connectivity index (χ0v) is 15.1. The summed E-state index contributed by atoms with van der Waals surface area (Å²) in [6.07, 6.45) is 7.06. The Balaban J connectivity index is 1.27. The van der Waals surface area contributed by atoms with Gasteiger partial charge in [0.15, 0.2) is 0 Å². The molecule has 1 spiro atoms. The Hall–Kier alpha value is -0.980. The molecule has 1 amide bonds. The van der Waals surface area contributed by atoms with Crippen LogP contribution in [0.2, 0.25) is 0 Å². The molecule has 0 unspecified atom stereocenters. The number of thiazole rings is 1. The lowest BCUT2D eigenvalue weighted by Gasteiger charge is -2.38. The molecule has 3 fully saturated rings. The van der Waals surface area contributed by atoms with E-state index in [0.29, 0.717) is 12.3 Å². The van der Waals surface area contributed by atoms with Crippen molar-refractivity contribution in [2.75, 3.05) is 26.3 Å². The van der Waals surface area contributed by atoms with Gasteiger partial charge in [0.2, 0.25) is 0 Å². The molecule has 1 aromatic heterocycles. The average Bonchev–Trinajstić information content (AvgIpc) is 3.13. The number of hydrogen-bond donors (Lipinski definition) is 0. The van der Waals surface area contributed by atoms with Crippen LogP contribution in [-0.2, 0) is 9.47 Å². The van der Waals surface area contributed by atoms with E-state index in [1.165, 1.54) is 30.6 Å². The molecule has 6 heteroatoms. The number of aromatic nitrogens is 1. The fraction of sp³-hybridized carbons (Fsp3) is 0.778. The standard InChI is InChI=1S/C18H26N2O3S/c1-13-19-16(12-24-13)17(21)20-7-5-18(6-8-20)9-15(11-23-18)22-10-14-3-2-4-14/h12,14-15H,2-11H2,1H3/t15-/m0/s1. The van der Waals surface area contributed by atoms with Crippen LogP contribution >= 0.6 is 11.3 Å². The SMILES string of the molecule is Cc1nc(C(=O)N2CCC3(CC2)C[C@H](OCC2CCC2)CO3)cs1. The molecule has 24 heavy (non-hydrogen) atoms. The Kier molecular flexibility index (Phi) is 4.62. The highest BCUT2D eigenvalue weighted by atomic mass is 32.1. The second-order valence-corrected chi connectivity index (χ2v) is 8.56. The minimum atomic E-state index is -0.0704. The molecular weight excluding hydrogens is 324 g/mol. The van der Waals surface area contributed by atoms with Gasteiger partial charge in [-0.1, -0.05) is 6.42 Å². The number of carbonyl (C=O) groups is 1. The van der Waals surface area contributed by atoms with E-state index in [-0.39, 0.29) is 17.6 Å². The van der Waals surface area contributed by atoms with Crippen molar-refractivity contribution in [1.82, 2.24) is 9.88 Å². The highest BCUT2D eigenvalue weighted by Gasteiger charge is 2.44. The highest BCUT2D eigenvalue weighted by Crippen LogP contribution is 2.38. The number of aryl methyl sites for hydroxylation is 1. The van der Waals surface area contributed by atoms with E-state index in [1.807, 2.05) is 17.2 Å². The molecule has 3 heterocycles. The van der Waals surface area contributed by atoms with E-state index >= 15 is 0 Å². The lowest BCUT2D eigenvalue weighted by atomic mass is 9.86. The van der Waals surface area contributed by atoms with Gasteiger partial charge in [0.1, 0.15) is 5.69 Å². The molecule has 2 aliphatic heterocycles. The number of piperidine rings is 1. The van der Waals surface area contributed by atoms with Crippen molar-refractivity contribution in [2.45, 2.75) is 57.2 Å². The molecule has 4 rings (SSSR count). The predicted molar refractivity (Wildman–Crippen MR) is 92.4 cm³/mol. The number of amides is 1. The third kappa shape index (κ3) is 3.37. The average molecular weight is 350 g/mol. The highest BCUT2D eigenvalue weighted by molar-refractivity contribution is 7.09. The van der Waals surface area contributed by atoms with Crippen LogP contribution in [0.15, 0.2) is 5.38 Å². The Morgan fingerprint density at radius 3 is 2.88 bits per heavy atom. The van der Waals surface area contributed by atoms with Crippen LogP contribution in [0.3, 0.4) is 0 Å². The van der Waals surface area contributed by atoms with Gasteiger partial charge in [-0.2, -0.15) is 0 Å². The Morgan fingerprint density at radius 1 is 1.46 bits per heavy atom. The molecule has 0 radical (unpaired) electrons. The van der Waals surface area contributed by atoms with E-state index < -0.39 is 0 Å². The number of rotatable bonds is 4. The number of likely N-dealkylation sites (tertiary alicyclic amines) is 1. The lowest BCUT2D eigenvalue weighted by Crippen LogP contribution is -2.46. The van der Waals surface area contributed by atoms with Crippen molar-refractivity contribution in [3.05, 3.63) is 16.1 Å². The first-order valence-electron chi connectivity index (χ1n) is 9.10. The van der Waals surface area contributed by atoms with Crippen molar-refractivity contribution in [3.8, 4) is 0 Å². The summed E-state index contributed by atoms with van der Waals surface area (Å²) < 4.78 is 12.2. The molecule has 3 aliphatic rings. The van der Waals surface area contributed by atoms with Gasteiger partial charge in [-0.3, -0.25) is 4.79 Å². The summed E-state index contributed by atoms with van der Waals surface area (Å²) in [5.41, 5.74) is 0.515. The molecule has 1 atom stereocenters. The van der Waals surface area contributed by atoms with Crippen LogP contribution in [0.25, 0.3) is 0 Å². The zero-order chi connectivity index (χ0) is 16.6. The Labute approximate surface area is 147 Å². The van der Waals surface area contributed by atoms with Crippen LogP contribution in [0.4, 0.5) is 0 Å². The molecule has 5 nitrogen and oxygen atoms in total. The maximum Gasteiger partial charge on any atom is 0.273 e. The summed E-state index contributed by atoms with van der Waals surface area (Å²) in [6.45, 7) is 5.06. The molecular formula is C18H26N2O3S. The number of carbonyl (C=O) groups excluding carboxylic acids is 1. The predicted octanol–water partition coefficient (Wildman–Crippen LogP) is 3.03. The smallest absolute Gasteiger partial charge is 0.273 e. The molecule has 1 aliphatic carbocycles. The largest absolute Gasteiger partial charge is 0.375 e. The molecule has 1 saturated carbocycles. The monoisotopic (exact) mass is 350 g/mol. The van der Waals surface area contributed by atoms with E-state index in [4.69, 9.17) is 9.47 Å². The van der Waals surface area contributed by atoms with Crippen molar-refractivity contribution >= 4 is 17.2 Å². The summed E-state index contributed by atoms with van der Waals surface area (Å²) in [6, 6.07) is 0. The van der Waals surface area contributed by atoms with E-state index in [2.05, 4.69) is 4.98 Å².